The average Bonchev–Trinajstić information content (AvgIpc) is 2.73. The smallest absolute Gasteiger partial charge is 0.253 e. The number of nitrogens with zero attached hydrogens (tertiary/aromatic N) is 3. The lowest BCUT2D eigenvalue weighted by Gasteiger charge is -2.34. The number of aromatic nitrogens is 1. The van der Waals surface area contributed by atoms with Gasteiger partial charge >= 0.3 is 0 Å². The molecule has 1 N–H and O–H groups in total. The fraction of sp³-hybridized carbons (Fsp3) is 0.455. The molecule has 0 aliphatic carbocycles. The van der Waals surface area contributed by atoms with E-state index in [1.54, 1.807) is 36.3 Å². The van der Waals surface area contributed by atoms with E-state index in [1.165, 1.54) is 6.07 Å². The molecule has 1 aliphatic rings. The standard InChI is InChI=1S/C22H29FN4O/c1-24-21-14-19(9-11-25-21)22(28)26(2)15-17-6-5-12-27(16-17)13-10-18-7-3-4-8-20(18)23/h3-4,7-9,11,14,17H,5-6,10,12-13,15-16H2,1-2H3,(H,24,25). The van der Waals surface area contributed by atoms with E-state index < -0.39 is 0 Å². The van der Waals surface area contributed by atoms with Crippen LogP contribution in [0, 0.1) is 11.7 Å². The number of nitrogens with one attached hydrogen (secondary N) is 1. The van der Waals surface area contributed by atoms with Gasteiger partial charge in [-0.05, 0) is 55.5 Å². The lowest BCUT2D eigenvalue weighted by Crippen LogP contribution is -2.42. The number of piperidine rings is 1. The van der Waals surface area contributed by atoms with Gasteiger partial charge in [-0.2, -0.15) is 0 Å². The van der Waals surface area contributed by atoms with Crippen LogP contribution in [0.15, 0.2) is 42.6 Å². The molecule has 3 rings (SSSR count). The van der Waals surface area contributed by atoms with Crippen LogP contribution in [0.5, 0.6) is 0 Å². The van der Waals surface area contributed by atoms with Crippen molar-refractivity contribution < 1.29 is 9.18 Å². The zero-order valence-corrected chi connectivity index (χ0v) is 16.7. The Balaban J connectivity index is 1.52. The van der Waals surface area contributed by atoms with Crippen LogP contribution in [0.3, 0.4) is 0 Å². The maximum atomic E-state index is 13.8. The fourth-order valence-corrected chi connectivity index (χ4v) is 3.87. The molecule has 150 valence electrons. The number of carbonyl (C=O) groups excluding carboxylic acids is 1. The summed E-state index contributed by atoms with van der Waals surface area (Å²) in [6, 6.07) is 10.5. The Bertz CT molecular complexity index is 798. The zero-order chi connectivity index (χ0) is 19.9. The van der Waals surface area contributed by atoms with E-state index in [-0.39, 0.29) is 11.7 Å². The van der Waals surface area contributed by atoms with Gasteiger partial charge in [-0.15, -0.1) is 0 Å². The molecule has 1 fully saturated rings. The predicted octanol–water partition coefficient (Wildman–Crippen LogP) is 3.29. The molecule has 1 amide bonds. The molecular formula is C22H29FN4O. The molecule has 0 saturated carbocycles. The van der Waals surface area contributed by atoms with Crippen LogP contribution in [-0.2, 0) is 6.42 Å². The van der Waals surface area contributed by atoms with Crippen molar-refractivity contribution in [3.05, 3.63) is 59.5 Å². The first-order valence-electron chi connectivity index (χ1n) is 9.92. The first kappa shape index (κ1) is 20.3. The summed E-state index contributed by atoms with van der Waals surface area (Å²) in [6.45, 7) is 3.57. The van der Waals surface area contributed by atoms with Crippen molar-refractivity contribution in [1.82, 2.24) is 14.8 Å². The average molecular weight is 384 g/mol. The number of rotatable bonds is 7. The van der Waals surface area contributed by atoms with Crippen LogP contribution in [0.25, 0.3) is 0 Å². The highest BCUT2D eigenvalue weighted by Gasteiger charge is 2.23. The van der Waals surface area contributed by atoms with Crippen LogP contribution in [-0.4, -0.2) is 61.0 Å². The van der Waals surface area contributed by atoms with Gasteiger partial charge in [0.25, 0.3) is 5.91 Å². The third kappa shape index (κ3) is 5.29. The third-order valence-corrected chi connectivity index (χ3v) is 5.40. The van der Waals surface area contributed by atoms with Crippen LogP contribution >= 0.6 is 0 Å². The number of likely N-dealkylation sites (tertiary alicyclic amines) is 1. The van der Waals surface area contributed by atoms with Gasteiger partial charge in [-0.25, -0.2) is 9.37 Å². The summed E-state index contributed by atoms with van der Waals surface area (Å²) >= 11 is 0. The van der Waals surface area contributed by atoms with Gasteiger partial charge < -0.3 is 15.1 Å². The Kier molecular flexibility index (Phi) is 6.98. The van der Waals surface area contributed by atoms with E-state index in [1.807, 2.05) is 19.2 Å². The number of benzene rings is 1. The first-order valence-corrected chi connectivity index (χ1v) is 9.92. The summed E-state index contributed by atoms with van der Waals surface area (Å²) in [5.74, 6) is 1.02. The molecular weight excluding hydrogens is 355 g/mol. The summed E-state index contributed by atoms with van der Waals surface area (Å²) in [5, 5.41) is 2.96. The molecule has 6 heteroatoms. The quantitative estimate of drug-likeness (QED) is 0.796. The lowest BCUT2D eigenvalue weighted by molar-refractivity contribution is 0.0730. The number of amides is 1. The van der Waals surface area contributed by atoms with Crippen LogP contribution in [0.2, 0.25) is 0 Å². The van der Waals surface area contributed by atoms with Crippen molar-refractivity contribution >= 4 is 11.7 Å². The van der Waals surface area contributed by atoms with E-state index in [0.717, 1.165) is 51.0 Å². The number of pyridine rings is 1. The van der Waals surface area contributed by atoms with E-state index in [0.29, 0.717) is 17.3 Å². The van der Waals surface area contributed by atoms with Gasteiger partial charge in [-0.3, -0.25) is 4.79 Å². The minimum atomic E-state index is -0.125. The SMILES string of the molecule is CNc1cc(C(=O)N(C)CC2CCCN(CCc3ccccc3F)C2)ccn1. The molecule has 1 atom stereocenters. The molecule has 28 heavy (non-hydrogen) atoms. The van der Waals surface area contributed by atoms with Crippen molar-refractivity contribution in [3.8, 4) is 0 Å². The molecule has 2 aromatic rings. The largest absolute Gasteiger partial charge is 0.373 e. The zero-order valence-electron chi connectivity index (χ0n) is 16.7. The molecule has 1 unspecified atom stereocenters. The first-order chi connectivity index (χ1) is 13.6. The van der Waals surface area contributed by atoms with Crippen molar-refractivity contribution in [2.24, 2.45) is 5.92 Å². The Morgan fingerprint density at radius 2 is 2.18 bits per heavy atom. The third-order valence-electron chi connectivity index (χ3n) is 5.40. The summed E-state index contributed by atoms with van der Waals surface area (Å²) in [5.41, 5.74) is 1.42. The lowest BCUT2D eigenvalue weighted by atomic mass is 9.96. The molecule has 5 nitrogen and oxygen atoms in total. The maximum absolute atomic E-state index is 13.8. The Morgan fingerprint density at radius 3 is 2.96 bits per heavy atom. The van der Waals surface area contributed by atoms with Gasteiger partial charge in [-0.1, -0.05) is 18.2 Å². The predicted molar refractivity (Wildman–Crippen MR) is 110 cm³/mol. The monoisotopic (exact) mass is 384 g/mol. The summed E-state index contributed by atoms with van der Waals surface area (Å²) in [4.78, 5) is 21.1. The Morgan fingerprint density at radius 1 is 1.36 bits per heavy atom. The van der Waals surface area contributed by atoms with E-state index in [9.17, 15) is 9.18 Å². The molecule has 0 spiro atoms. The van der Waals surface area contributed by atoms with Crippen molar-refractivity contribution in [1.29, 1.82) is 0 Å². The fourth-order valence-electron chi connectivity index (χ4n) is 3.87. The van der Waals surface area contributed by atoms with Gasteiger partial charge in [0, 0.05) is 45.5 Å². The van der Waals surface area contributed by atoms with Gasteiger partial charge in [0.1, 0.15) is 11.6 Å². The maximum Gasteiger partial charge on any atom is 0.253 e. The molecule has 1 aromatic heterocycles. The molecule has 0 bridgehead atoms. The molecule has 1 saturated heterocycles. The van der Waals surface area contributed by atoms with Crippen LogP contribution in [0.1, 0.15) is 28.8 Å². The van der Waals surface area contributed by atoms with E-state index in [2.05, 4.69) is 15.2 Å². The highest BCUT2D eigenvalue weighted by Crippen LogP contribution is 2.19. The summed E-state index contributed by atoms with van der Waals surface area (Å²) < 4.78 is 13.8. The number of carbonyl (C=O) groups is 1. The minimum absolute atomic E-state index is 0.0161. The Hall–Kier alpha value is -2.47. The normalized spacial score (nSPS) is 17.3. The number of hydrogen-bond acceptors (Lipinski definition) is 4. The number of anilines is 1. The molecule has 1 aliphatic heterocycles. The van der Waals surface area contributed by atoms with Gasteiger partial charge in [0.05, 0.1) is 0 Å². The summed E-state index contributed by atoms with van der Waals surface area (Å²) in [7, 11) is 3.65. The second-order valence-corrected chi connectivity index (χ2v) is 7.52. The highest BCUT2D eigenvalue weighted by atomic mass is 19.1. The molecule has 0 radical (unpaired) electrons. The second-order valence-electron chi connectivity index (χ2n) is 7.52. The summed E-state index contributed by atoms with van der Waals surface area (Å²) in [6.07, 6.45) is 4.60. The molecule has 1 aromatic carbocycles. The van der Waals surface area contributed by atoms with Crippen LogP contribution in [0.4, 0.5) is 10.2 Å². The second kappa shape index (κ2) is 9.64. The number of hydrogen-bond donors (Lipinski definition) is 1. The molecule has 2 heterocycles. The van der Waals surface area contributed by atoms with Crippen molar-refractivity contribution in [3.63, 3.8) is 0 Å². The minimum Gasteiger partial charge on any atom is -0.373 e. The topological polar surface area (TPSA) is 48.5 Å². The van der Waals surface area contributed by atoms with Gasteiger partial charge in [0.15, 0.2) is 0 Å². The number of halogens is 1. The van der Waals surface area contributed by atoms with E-state index in [4.69, 9.17) is 0 Å². The van der Waals surface area contributed by atoms with Crippen molar-refractivity contribution in [2.45, 2.75) is 19.3 Å². The highest BCUT2D eigenvalue weighted by molar-refractivity contribution is 5.94. The van der Waals surface area contributed by atoms with Gasteiger partial charge in [0.2, 0.25) is 0 Å². The van der Waals surface area contributed by atoms with Crippen LogP contribution < -0.4 is 5.32 Å². The Labute approximate surface area is 166 Å². The van der Waals surface area contributed by atoms with E-state index >= 15 is 0 Å². The van der Waals surface area contributed by atoms with Crippen molar-refractivity contribution in [2.75, 3.05) is 45.6 Å².